The molecule has 1 aliphatic rings. The van der Waals surface area contributed by atoms with Crippen LogP contribution in [0.2, 0.25) is 0 Å². The first-order valence-corrected chi connectivity index (χ1v) is 13.3. The van der Waals surface area contributed by atoms with Gasteiger partial charge in [0.25, 0.3) is 5.91 Å². The fourth-order valence-electron chi connectivity index (χ4n) is 5.00. The Bertz CT molecular complexity index is 1770. The van der Waals surface area contributed by atoms with Crippen molar-refractivity contribution in [2.75, 3.05) is 23.4 Å². The summed E-state index contributed by atoms with van der Waals surface area (Å²) in [6.07, 6.45) is 4.77. The van der Waals surface area contributed by atoms with E-state index in [0.717, 1.165) is 12.1 Å². The molecule has 0 bridgehead atoms. The highest BCUT2D eigenvalue weighted by Gasteiger charge is 2.32. The summed E-state index contributed by atoms with van der Waals surface area (Å²) in [7, 11) is 16.3. The molecule has 1 aliphatic heterocycles. The molecular formula is C29H22B3F2N7O3. The van der Waals surface area contributed by atoms with Crippen LogP contribution >= 0.6 is 0 Å². The summed E-state index contributed by atoms with van der Waals surface area (Å²) in [6, 6.07) is 11.2. The van der Waals surface area contributed by atoms with E-state index in [0.29, 0.717) is 41.0 Å². The van der Waals surface area contributed by atoms with Crippen LogP contribution in [0.4, 0.5) is 20.2 Å². The summed E-state index contributed by atoms with van der Waals surface area (Å²) >= 11 is 0. The topological polar surface area (TPSA) is 150 Å². The van der Waals surface area contributed by atoms with Crippen LogP contribution in [-0.2, 0) is 0 Å². The zero-order valence-corrected chi connectivity index (χ0v) is 23.1. The van der Waals surface area contributed by atoms with Gasteiger partial charge < -0.3 is 25.8 Å². The van der Waals surface area contributed by atoms with Gasteiger partial charge in [0.1, 0.15) is 35.0 Å². The van der Waals surface area contributed by atoms with Crippen LogP contribution in [0.15, 0.2) is 61.1 Å². The maximum absolute atomic E-state index is 14.9. The maximum Gasteiger partial charge on any atom is 0.274 e. The predicted molar refractivity (Wildman–Crippen MR) is 161 cm³/mol. The minimum atomic E-state index is -2.35. The van der Waals surface area contributed by atoms with Crippen molar-refractivity contribution in [1.82, 2.24) is 15.0 Å². The van der Waals surface area contributed by atoms with Crippen LogP contribution in [0.1, 0.15) is 22.5 Å². The van der Waals surface area contributed by atoms with Crippen molar-refractivity contribution < 1.29 is 23.4 Å². The fraction of sp³-hybridized carbons (Fsp3) is 0.207. The minimum Gasteiger partial charge on any atom is -0.512 e. The largest absolute Gasteiger partial charge is 0.512 e. The van der Waals surface area contributed by atoms with Gasteiger partial charge >= 0.3 is 0 Å². The summed E-state index contributed by atoms with van der Waals surface area (Å²) in [6.45, 7) is 0.204. The second-order valence-corrected chi connectivity index (χ2v) is 10.2. The number of carbonyl (C=O) groups excluding carboxylic acids is 1. The number of pyridine rings is 1. The Morgan fingerprint density at radius 2 is 1.95 bits per heavy atom. The number of aromatic nitrogens is 3. The molecule has 0 saturated carbocycles. The van der Waals surface area contributed by atoms with E-state index in [4.69, 9.17) is 34.0 Å². The van der Waals surface area contributed by atoms with Gasteiger partial charge in [-0.3, -0.25) is 9.78 Å². The number of aliphatic hydroxyl groups excluding tert-OH is 1. The highest BCUT2D eigenvalue weighted by atomic mass is 19.1. The molecule has 4 N–H and O–H groups in total. The van der Waals surface area contributed by atoms with Crippen LogP contribution in [0.5, 0.6) is 5.75 Å². The minimum absolute atomic E-state index is 0.184. The molecule has 44 heavy (non-hydrogen) atoms. The van der Waals surface area contributed by atoms with Gasteiger partial charge in [-0.1, -0.05) is 6.07 Å². The van der Waals surface area contributed by atoms with Crippen LogP contribution in [0.25, 0.3) is 22.5 Å². The molecule has 10 nitrogen and oxygen atoms in total. The first-order valence-electron chi connectivity index (χ1n) is 13.3. The zero-order valence-electron chi connectivity index (χ0n) is 23.1. The number of ether oxygens (including phenoxy) is 1. The lowest BCUT2D eigenvalue weighted by molar-refractivity contribution is 0.102. The average Bonchev–Trinajstić information content (AvgIpc) is 3.39. The van der Waals surface area contributed by atoms with Crippen LogP contribution in [0.3, 0.4) is 0 Å². The molecule has 1 saturated heterocycles. The molecule has 0 aliphatic carbocycles. The van der Waals surface area contributed by atoms with E-state index in [-0.39, 0.29) is 24.4 Å². The first kappa shape index (κ1) is 30.7. The molecule has 0 spiro atoms. The first-order chi connectivity index (χ1) is 21.0. The van der Waals surface area contributed by atoms with E-state index in [2.05, 4.69) is 26.3 Å². The molecule has 4 aromatic rings. The monoisotopic (exact) mass is 587 g/mol. The number of nitrogens with two attached hydrogens (primary N) is 1. The van der Waals surface area contributed by atoms with Gasteiger partial charge in [-0.15, -0.1) is 0 Å². The maximum atomic E-state index is 14.9. The molecule has 2 aromatic heterocycles. The standard InChI is InChI=1S/C29H22B3F2N7O3/c30-29(31,32)44-26-21(34)3-2-20(33)25(26)27-38-8-6-23(39-27)28(43)40-22-4-1-15(19-12-37-7-5-16(19)11-35)9-24(22)41-13-17(36)10-18(41)14-42/h1-9,12,17-18,42H,10,13-14,36H2,(H,40,43)/t17-,18-/m0/s1. The van der Waals surface area contributed by atoms with Gasteiger partial charge in [0.2, 0.25) is 0 Å². The lowest BCUT2D eigenvalue weighted by Gasteiger charge is -2.28. The Labute approximate surface area is 255 Å². The average molecular weight is 587 g/mol. The number of nitrogens with one attached hydrogen (secondary N) is 1. The number of amides is 1. The summed E-state index contributed by atoms with van der Waals surface area (Å²) in [5, 5.41) is 20.1. The Morgan fingerprint density at radius 1 is 1.18 bits per heavy atom. The third-order valence-corrected chi connectivity index (χ3v) is 6.91. The van der Waals surface area contributed by atoms with Crippen LogP contribution in [-0.4, -0.2) is 80.0 Å². The smallest absolute Gasteiger partial charge is 0.274 e. The fourth-order valence-corrected chi connectivity index (χ4v) is 5.00. The molecule has 214 valence electrons. The molecule has 3 heterocycles. The quantitative estimate of drug-likeness (QED) is 0.263. The number of carbonyl (C=O) groups is 1. The van der Waals surface area contributed by atoms with E-state index >= 15 is 0 Å². The summed E-state index contributed by atoms with van der Waals surface area (Å²) in [5.41, 5.74) is 7.96. The number of anilines is 2. The molecule has 6 radical (unpaired) electrons. The van der Waals surface area contributed by atoms with Crippen molar-refractivity contribution in [3.63, 3.8) is 0 Å². The third kappa shape index (κ3) is 6.41. The second-order valence-electron chi connectivity index (χ2n) is 10.2. The van der Waals surface area contributed by atoms with Gasteiger partial charge in [0, 0.05) is 36.7 Å². The summed E-state index contributed by atoms with van der Waals surface area (Å²) in [5.74, 6) is -3.85. The molecule has 5 rings (SSSR count). The van der Waals surface area contributed by atoms with Crippen LogP contribution in [0, 0.1) is 23.0 Å². The van der Waals surface area contributed by atoms with Crippen molar-refractivity contribution in [2.24, 2.45) is 5.73 Å². The van der Waals surface area contributed by atoms with Gasteiger partial charge in [0.05, 0.1) is 41.2 Å². The van der Waals surface area contributed by atoms with Crippen LogP contribution < -0.4 is 20.7 Å². The van der Waals surface area contributed by atoms with E-state index in [9.17, 15) is 23.9 Å². The number of aliphatic hydroxyl groups is 1. The molecule has 1 amide bonds. The summed E-state index contributed by atoms with van der Waals surface area (Å²) < 4.78 is 34.6. The lowest BCUT2D eigenvalue weighted by Crippen LogP contribution is -2.38. The number of hydrogen-bond acceptors (Lipinski definition) is 9. The molecule has 0 unspecified atom stereocenters. The zero-order chi connectivity index (χ0) is 31.6. The SMILES string of the molecule is [B]C([B])([B])Oc1c(F)ccc(F)c1-c1nccc(C(=O)Nc2ccc(-c3cnccc3C#N)cc2N2C[C@@H](N)C[C@H]2CO)n1. The molecule has 2 aromatic carbocycles. The number of benzene rings is 2. The Balaban J connectivity index is 1.54. The van der Waals surface area contributed by atoms with E-state index in [1.54, 1.807) is 30.5 Å². The highest BCUT2D eigenvalue weighted by molar-refractivity contribution is 6.58. The van der Waals surface area contributed by atoms with Gasteiger partial charge in [-0.05, 0) is 53.7 Å². The molecular weight excluding hydrogens is 565 g/mol. The van der Waals surface area contributed by atoms with Gasteiger partial charge in [0.15, 0.2) is 17.4 Å². The third-order valence-electron chi connectivity index (χ3n) is 6.91. The number of rotatable bonds is 8. The predicted octanol–water partition coefficient (Wildman–Crippen LogP) is 2.00. The van der Waals surface area contributed by atoms with Crippen molar-refractivity contribution in [1.29, 1.82) is 5.26 Å². The van der Waals surface area contributed by atoms with Crippen molar-refractivity contribution in [3.05, 3.63) is 83.9 Å². The van der Waals surface area contributed by atoms with Gasteiger partial charge in [-0.2, -0.15) is 5.26 Å². The number of hydrogen-bond donors (Lipinski definition) is 3. The Hall–Kier alpha value is -4.80. The summed E-state index contributed by atoms with van der Waals surface area (Å²) in [4.78, 5) is 27.6. The van der Waals surface area contributed by atoms with E-state index in [1.807, 2.05) is 4.90 Å². The Morgan fingerprint density at radius 3 is 2.68 bits per heavy atom. The van der Waals surface area contributed by atoms with Crippen molar-refractivity contribution in [3.8, 4) is 34.3 Å². The van der Waals surface area contributed by atoms with Crippen molar-refractivity contribution >= 4 is 40.8 Å². The Kier molecular flexibility index (Phi) is 8.67. The van der Waals surface area contributed by atoms with E-state index in [1.165, 1.54) is 18.5 Å². The number of halogens is 2. The molecule has 2 atom stereocenters. The normalized spacial score (nSPS) is 16.4. The lowest BCUT2D eigenvalue weighted by atomic mass is 9.52. The molecule has 15 heteroatoms. The number of nitrogens with zero attached hydrogens (tertiary/aromatic N) is 5. The number of nitriles is 1. The van der Waals surface area contributed by atoms with Gasteiger partial charge in [-0.25, -0.2) is 18.7 Å². The highest BCUT2D eigenvalue weighted by Crippen LogP contribution is 2.37. The second kappa shape index (κ2) is 12.4. The molecule has 1 fully saturated rings. The van der Waals surface area contributed by atoms with E-state index < -0.39 is 40.0 Å². The van der Waals surface area contributed by atoms with Crippen molar-refractivity contribution in [2.45, 2.75) is 23.8 Å².